The Morgan fingerprint density at radius 2 is 2.11 bits per heavy atom. The number of hydrogen-bond donors (Lipinski definition) is 3. The van der Waals surface area contributed by atoms with E-state index in [9.17, 15) is 4.79 Å². The zero-order valence-electron chi connectivity index (χ0n) is 9.89. The maximum absolute atomic E-state index is 11.0. The summed E-state index contributed by atoms with van der Waals surface area (Å²) in [6.07, 6.45) is 0.606. The maximum Gasteiger partial charge on any atom is 0.244 e. The van der Waals surface area contributed by atoms with E-state index in [1.165, 1.54) is 0 Å². The molecule has 1 aliphatic heterocycles. The Morgan fingerprint density at radius 3 is 2.83 bits per heavy atom. The van der Waals surface area contributed by atoms with Gasteiger partial charge in [0, 0.05) is 12.5 Å². The average molecular weight is 252 g/mol. The van der Waals surface area contributed by atoms with Crippen LogP contribution in [0.25, 0.3) is 0 Å². The Kier molecular flexibility index (Phi) is 4.01. The summed E-state index contributed by atoms with van der Waals surface area (Å²) in [5.74, 6) is 0.948. The molecular formula is C12H16N2O4. The zero-order chi connectivity index (χ0) is 13.0. The van der Waals surface area contributed by atoms with Crippen LogP contribution in [-0.2, 0) is 11.2 Å². The molecule has 1 heterocycles. The molecule has 0 saturated heterocycles. The number of hydrogen-bond acceptors (Lipinski definition) is 5. The van der Waals surface area contributed by atoms with Crippen LogP contribution in [0.2, 0.25) is 0 Å². The van der Waals surface area contributed by atoms with Gasteiger partial charge in [-0.15, -0.1) is 0 Å². The molecule has 0 aliphatic carbocycles. The summed E-state index contributed by atoms with van der Waals surface area (Å²) in [6, 6.07) is 5.25. The number of carbonyl (C=O) groups is 1. The second-order valence-corrected chi connectivity index (χ2v) is 4.18. The van der Waals surface area contributed by atoms with Crippen molar-refractivity contribution in [3.8, 4) is 11.5 Å². The summed E-state index contributed by atoms with van der Waals surface area (Å²) in [6.45, 7) is 1.10. The highest BCUT2D eigenvalue weighted by molar-refractivity contribution is 5.75. The SMILES string of the molecule is NC(CC(=O)NO)Cc1ccc2c(c1)OCCO2. The molecule has 0 radical (unpaired) electrons. The molecule has 0 saturated carbocycles. The monoisotopic (exact) mass is 252 g/mol. The molecule has 1 atom stereocenters. The van der Waals surface area contributed by atoms with Crippen molar-refractivity contribution >= 4 is 5.91 Å². The van der Waals surface area contributed by atoms with Crippen molar-refractivity contribution in [1.29, 1.82) is 0 Å². The molecule has 1 unspecified atom stereocenters. The van der Waals surface area contributed by atoms with E-state index < -0.39 is 5.91 Å². The molecule has 1 aliphatic rings. The standard InChI is InChI=1S/C12H16N2O4/c13-9(7-12(15)14-16)5-8-1-2-10-11(6-8)18-4-3-17-10/h1-2,6,9,16H,3-5,7,13H2,(H,14,15). The summed E-state index contributed by atoms with van der Waals surface area (Å²) >= 11 is 0. The van der Waals surface area contributed by atoms with Gasteiger partial charge in [0.15, 0.2) is 11.5 Å². The van der Waals surface area contributed by atoms with Crippen LogP contribution in [0.3, 0.4) is 0 Å². The van der Waals surface area contributed by atoms with E-state index in [1.54, 1.807) is 5.48 Å². The van der Waals surface area contributed by atoms with E-state index in [0.717, 1.165) is 11.3 Å². The van der Waals surface area contributed by atoms with Gasteiger partial charge in [-0.3, -0.25) is 10.0 Å². The van der Waals surface area contributed by atoms with E-state index in [-0.39, 0.29) is 12.5 Å². The second-order valence-electron chi connectivity index (χ2n) is 4.18. The summed E-state index contributed by atoms with van der Waals surface area (Å²) in [4.78, 5) is 11.0. The van der Waals surface area contributed by atoms with Crippen molar-refractivity contribution in [3.05, 3.63) is 23.8 Å². The number of carbonyl (C=O) groups excluding carboxylic acids is 1. The molecular weight excluding hydrogens is 236 g/mol. The Labute approximate surface area is 105 Å². The van der Waals surface area contributed by atoms with Crippen molar-refractivity contribution in [3.63, 3.8) is 0 Å². The van der Waals surface area contributed by atoms with Gasteiger partial charge in [0.1, 0.15) is 13.2 Å². The van der Waals surface area contributed by atoms with Crippen LogP contribution in [-0.4, -0.2) is 30.4 Å². The Bertz CT molecular complexity index is 436. The van der Waals surface area contributed by atoms with Gasteiger partial charge in [-0.2, -0.15) is 0 Å². The number of hydroxylamine groups is 1. The van der Waals surface area contributed by atoms with E-state index in [0.29, 0.717) is 25.4 Å². The first-order valence-corrected chi connectivity index (χ1v) is 5.76. The quantitative estimate of drug-likeness (QED) is 0.526. The third kappa shape index (κ3) is 3.12. The van der Waals surface area contributed by atoms with Crippen LogP contribution in [0.4, 0.5) is 0 Å². The second kappa shape index (κ2) is 5.70. The van der Waals surface area contributed by atoms with Crippen molar-refractivity contribution in [2.75, 3.05) is 13.2 Å². The first-order valence-electron chi connectivity index (χ1n) is 5.76. The highest BCUT2D eigenvalue weighted by Gasteiger charge is 2.14. The molecule has 0 fully saturated rings. The Hall–Kier alpha value is -1.79. The number of ether oxygens (including phenoxy) is 2. The van der Waals surface area contributed by atoms with Crippen LogP contribution in [0.15, 0.2) is 18.2 Å². The molecule has 1 aromatic rings. The van der Waals surface area contributed by atoms with Gasteiger partial charge in [0.25, 0.3) is 0 Å². The van der Waals surface area contributed by atoms with Crippen LogP contribution in [0, 0.1) is 0 Å². The molecule has 4 N–H and O–H groups in total. The van der Waals surface area contributed by atoms with Gasteiger partial charge in [-0.25, -0.2) is 5.48 Å². The average Bonchev–Trinajstić information content (AvgIpc) is 2.38. The number of fused-ring (bicyclic) bond motifs is 1. The van der Waals surface area contributed by atoms with Crippen LogP contribution in [0.1, 0.15) is 12.0 Å². The van der Waals surface area contributed by atoms with Crippen molar-refractivity contribution < 1.29 is 19.5 Å². The predicted molar refractivity (Wildman–Crippen MR) is 63.7 cm³/mol. The normalized spacial score (nSPS) is 15.0. The first-order chi connectivity index (χ1) is 8.69. The minimum atomic E-state index is -0.486. The molecule has 6 nitrogen and oxygen atoms in total. The lowest BCUT2D eigenvalue weighted by molar-refractivity contribution is -0.129. The molecule has 0 bridgehead atoms. The fourth-order valence-corrected chi connectivity index (χ4v) is 1.87. The zero-order valence-corrected chi connectivity index (χ0v) is 9.89. The van der Waals surface area contributed by atoms with E-state index in [4.69, 9.17) is 20.4 Å². The number of rotatable bonds is 4. The van der Waals surface area contributed by atoms with Gasteiger partial charge in [-0.05, 0) is 24.1 Å². The first kappa shape index (κ1) is 12.7. The Morgan fingerprint density at radius 1 is 1.39 bits per heavy atom. The lowest BCUT2D eigenvalue weighted by Gasteiger charge is -2.19. The highest BCUT2D eigenvalue weighted by atomic mass is 16.6. The molecule has 1 aromatic carbocycles. The van der Waals surface area contributed by atoms with Crippen LogP contribution >= 0.6 is 0 Å². The lowest BCUT2D eigenvalue weighted by atomic mass is 10.0. The lowest BCUT2D eigenvalue weighted by Crippen LogP contribution is -2.31. The summed E-state index contributed by atoms with van der Waals surface area (Å²) in [5, 5.41) is 8.42. The number of nitrogens with one attached hydrogen (secondary N) is 1. The van der Waals surface area contributed by atoms with Crippen molar-refractivity contribution in [1.82, 2.24) is 5.48 Å². The van der Waals surface area contributed by atoms with E-state index >= 15 is 0 Å². The van der Waals surface area contributed by atoms with Crippen LogP contribution < -0.4 is 20.7 Å². The summed E-state index contributed by atoms with van der Waals surface area (Å²) in [7, 11) is 0. The minimum absolute atomic E-state index is 0.0743. The van der Waals surface area contributed by atoms with Gasteiger partial charge >= 0.3 is 0 Å². The Balaban J connectivity index is 1.99. The highest BCUT2D eigenvalue weighted by Crippen LogP contribution is 2.31. The van der Waals surface area contributed by atoms with E-state index in [2.05, 4.69) is 0 Å². The molecule has 6 heteroatoms. The fourth-order valence-electron chi connectivity index (χ4n) is 1.87. The third-order valence-electron chi connectivity index (χ3n) is 2.68. The molecule has 2 rings (SSSR count). The van der Waals surface area contributed by atoms with Gasteiger partial charge in [0.2, 0.25) is 5.91 Å². The molecule has 0 aromatic heterocycles. The fraction of sp³-hybridized carbons (Fsp3) is 0.417. The number of nitrogens with two attached hydrogens (primary N) is 1. The van der Waals surface area contributed by atoms with Gasteiger partial charge < -0.3 is 15.2 Å². The topological polar surface area (TPSA) is 93.8 Å². The molecule has 18 heavy (non-hydrogen) atoms. The smallest absolute Gasteiger partial charge is 0.244 e. The van der Waals surface area contributed by atoms with Gasteiger partial charge in [0.05, 0.1) is 0 Å². The number of benzene rings is 1. The molecule has 98 valence electrons. The summed E-state index contributed by atoms with van der Waals surface area (Å²) in [5.41, 5.74) is 8.35. The third-order valence-corrected chi connectivity index (χ3v) is 2.68. The van der Waals surface area contributed by atoms with Gasteiger partial charge in [-0.1, -0.05) is 6.07 Å². The van der Waals surface area contributed by atoms with Crippen molar-refractivity contribution in [2.45, 2.75) is 18.9 Å². The van der Waals surface area contributed by atoms with Crippen LogP contribution in [0.5, 0.6) is 11.5 Å². The largest absolute Gasteiger partial charge is 0.486 e. The van der Waals surface area contributed by atoms with E-state index in [1.807, 2.05) is 18.2 Å². The predicted octanol–water partition coefficient (Wildman–Crippen LogP) is 0.223. The molecule has 0 spiro atoms. The maximum atomic E-state index is 11.0. The molecule has 1 amide bonds. The number of amides is 1. The van der Waals surface area contributed by atoms with Crippen molar-refractivity contribution in [2.24, 2.45) is 5.73 Å². The minimum Gasteiger partial charge on any atom is -0.486 e. The summed E-state index contributed by atoms with van der Waals surface area (Å²) < 4.78 is 10.9.